The predicted octanol–water partition coefficient (Wildman–Crippen LogP) is 3.25. The molecule has 0 atom stereocenters. The maximum Gasteiger partial charge on any atom is 0.141 e. The number of benzene rings is 1. The lowest BCUT2D eigenvalue weighted by Gasteiger charge is -2.06. The van der Waals surface area contributed by atoms with Gasteiger partial charge in [-0.05, 0) is 37.1 Å². The molecule has 0 spiro atoms. The molecule has 0 unspecified atom stereocenters. The molecule has 102 valence electrons. The molecular weight excluding hydrogens is 265 g/mol. The molecule has 1 N–H and O–H groups in total. The third-order valence-corrected chi connectivity index (χ3v) is 3.18. The zero-order valence-electron chi connectivity index (χ0n) is 10.6. The van der Waals surface area contributed by atoms with E-state index in [1.54, 1.807) is 18.3 Å². The first-order valence-corrected chi connectivity index (χ1v) is 6.74. The molecule has 2 aromatic rings. The summed E-state index contributed by atoms with van der Waals surface area (Å²) in [7, 11) is 0. The highest BCUT2D eigenvalue weighted by molar-refractivity contribution is 6.30. The van der Waals surface area contributed by atoms with Gasteiger partial charge < -0.3 is 9.88 Å². The predicted molar refractivity (Wildman–Crippen MR) is 74.6 cm³/mol. The summed E-state index contributed by atoms with van der Waals surface area (Å²) in [5, 5.41) is 3.50. The summed E-state index contributed by atoms with van der Waals surface area (Å²) < 4.78 is 15.0. The second-order valence-corrected chi connectivity index (χ2v) is 4.84. The Labute approximate surface area is 117 Å². The number of rotatable bonds is 7. The molecule has 0 saturated carbocycles. The average molecular weight is 282 g/mol. The van der Waals surface area contributed by atoms with Gasteiger partial charge in [-0.15, -0.1) is 0 Å². The Balaban J connectivity index is 1.60. The van der Waals surface area contributed by atoms with E-state index in [4.69, 9.17) is 11.6 Å². The van der Waals surface area contributed by atoms with Gasteiger partial charge >= 0.3 is 0 Å². The Morgan fingerprint density at radius 2 is 2.21 bits per heavy atom. The van der Waals surface area contributed by atoms with Crippen molar-refractivity contribution < 1.29 is 4.39 Å². The van der Waals surface area contributed by atoms with Crippen molar-refractivity contribution in [3.8, 4) is 0 Å². The standard InChI is InChI=1S/C14H17ClFN3/c15-13-9-12(3-4-14(13)16)10-17-5-1-2-7-19-8-6-18-11-19/h3-4,6,8-9,11,17H,1-2,5,7,10H2. The van der Waals surface area contributed by atoms with Crippen LogP contribution in [0.3, 0.4) is 0 Å². The quantitative estimate of drug-likeness (QED) is 0.790. The van der Waals surface area contributed by atoms with Gasteiger partial charge in [0.25, 0.3) is 0 Å². The van der Waals surface area contributed by atoms with Crippen molar-refractivity contribution in [3.05, 3.63) is 53.3 Å². The molecule has 0 saturated heterocycles. The van der Waals surface area contributed by atoms with Crippen molar-refractivity contribution in [2.45, 2.75) is 25.9 Å². The molecule has 0 aliphatic rings. The van der Waals surface area contributed by atoms with Crippen LogP contribution >= 0.6 is 11.6 Å². The average Bonchev–Trinajstić information content (AvgIpc) is 2.91. The van der Waals surface area contributed by atoms with Gasteiger partial charge in [-0.3, -0.25) is 0 Å². The highest BCUT2D eigenvalue weighted by Crippen LogP contribution is 2.15. The molecule has 5 heteroatoms. The van der Waals surface area contributed by atoms with E-state index in [0.717, 1.165) is 31.5 Å². The van der Waals surface area contributed by atoms with E-state index in [0.29, 0.717) is 6.54 Å². The highest BCUT2D eigenvalue weighted by atomic mass is 35.5. The van der Waals surface area contributed by atoms with Crippen LogP contribution in [0.4, 0.5) is 4.39 Å². The summed E-state index contributed by atoms with van der Waals surface area (Å²) in [6.45, 7) is 2.64. The van der Waals surface area contributed by atoms with Crippen molar-refractivity contribution in [2.75, 3.05) is 6.54 Å². The minimum absolute atomic E-state index is 0.180. The lowest BCUT2D eigenvalue weighted by molar-refractivity contribution is 0.567. The molecule has 3 nitrogen and oxygen atoms in total. The van der Waals surface area contributed by atoms with Gasteiger partial charge in [-0.2, -0.15) is 0 Å². The van der Waals surface area contributed by atoms with Gasteiger partial charge in [0.05, 0.1) is 11.3 Å². The van der Waals surface area contributed by atoms with Crippen molar-refractivity contribution in [3.63, 3.8) is 0 Å². The fraction of sp³-hybridized carbons (Fsp3) is 0.357. The molecule has 0 amide bonds. The second-order valence-electron chi connectivity index (χ2n) is 4.43. The number of aromatic nitrogens is 2. The monoisotopic (exact) mass is 281 g/mol. The van der Waals surface area contributed by atoms with Crippen LogP contribution in [0.1, 0.15) is 18.4 Å². The van der Waals surface area contributed by atoms with Gasteiger partial charge in [-0.1, -0.05) is 17.7 Å². The molecule has 1 heterocycles. The Kier molecular flexibility index (Phi) is 5.36. The first-order chi connectivity index (χ1) is 9.25. The van der Waals surface area contributed by atoms with Crippen molar-refractivity contribution in [1.82, 2.24) is 14.9 Å². The van der Waals surface area contributed by atoms with Crippen LogP contribution in [0.25, 0.3) is 0 Å². The topological polar surface area (TPSA) is 29.9 Å². The Bertz CT molecular complexity index is 499. The number of nitrogens with zero attached hydrogens (tertiary/aromatic N) is 2. The zero-order chi connectivity index (χ0) is 13.5. The zero-order valence-corrected chi connectivity index (χ0v) is 11.4. The summed E-state index contributed by atoms with van der Waals surface area (Å²) in [5.74, 6) is -0.370. The highest BCUT2D eigenvalue weighted by Gasteiger charge is 2.00. The molecule has 19 heavy (non-hydrogen) atoms. The summed E-state index contributed by atoms with van der Waals surface area (Å²) in [4.78, 5) is 4.00. The largest absolute Gasteiger partial charge is 0.337 e. The van der Waals surface area contributed by atoms with Crippen LogP contribution < -0.4 is 5.32 Å². The molecule has 1 aromatic carbocycles. The summed E-state index contributed by atoms with van der Waals surface area (Å²) >= 11 is 5.72. The number of hydrogen-bond acceptors (Lipinski definition) is 2. The number of aryl methyl sites for hydroxylation is 1. The van der Waals surface area contributed by atoms with Gasteiger partial charge in [0.15, 0.2) is 0 Å². The lowest BCUT2D eigenvalue weighted by Crippen LogP contribution is -2.15. The molecule has 0 bridgehead atoms. The van der Waals surface area contributed by atoms with Crippen LogP contribution in [0.5, 0.6) is 0 Å². The Hall–Kier alpha value is -1.39. The molecular formula is C14H17ClFN3. The van der Waals surface area contributed by atoms with Crippen LogP contribution in [-0.2, 0) is 13.1 Å². The Morgan fingerprint density at radius 1 is 1.32 bits per heavy atom. The maximum absolute atomic E-state index is 13.0. The number of halogens is 2. The molecule has 0 aliphatic heterocycles. The van der Waals surface area contributed by atoms with Crippen LogP contribution in [0, 0.1) is 5.82 Å². The number of nitrogens with one attached hydrogen (secondary N) is 1. The van der Waals surface area contributed by atoms with E-state index in [-0.39, 0.29) is 10.8 Å². The maximum atomic E-state index is 13.0. The third kappa shape index (κ3) is 4.65. The number of unbranched alkanes of at least 4 members (excludes halogenated alkanes) is 1. The summed E-state index contributed by atoms with van der Waals surface area (Å²) in [6, 6.07) is 4.81. The minimum atomic E-state index is -0.370. The summed E-state index contributed by atoms with van der Waals surface area (Å²) in [5.41, 5.74) is 1.00. The van der Waals surface area contributed by atoms with E-state index in [1.165, 1.54) is 6.07 Å². The lowest BCUT2D eigenvalue weighted by atomic mass is 10.2. The van der Waals surface area contributed by atoms with Crippen molar-refractivity contribution >= 4 is 11.6 Å². The Morgan fingerprint density at radius 3 is 2.95 bits per heavy atom. The van der Waals surface area contributed by atoms with Gasteiger partial charge in [0.1, 0.15) is 5.82 Å². The minimum Gasteiger partial charge on any atom is -0.337 e. The second kappa shape index (κ2) is 7.26. The first-order valence-electron chi connectivity index (χ1n) is 6.36. The normalized spacial score (nSPS) is 10.8. The van der Waals surface area contributed by atoms with E-state index in [2.05, 4.69) is 14.9 Å². The molecule has 0 radical (unpaired) electrons. The summed E-state index contributed by atoms with van der Waals surface area (Å²) in [6.07, 6.45) is 7.78. The molecule has 0 aliphatic carbocycles. The van der Waals surface area contributed by atoms with E-state index >= 15 is 0 Å². The fourth-order valence-corrected chi connectivity index (χ4v) is 2.05. The van der Waals surface area contributed by atoms with Crippen molar-refractivity contribution in [2.24, 2.45) is 0 Å². The van der Waals surface area contributed by atoms with Gasteiger partial charge in [-0.25, -0.2) is 9.37 Å². The van der Waals surface area contributed by atoms with E-state index in [9.17, 15) is 4.39 Å². The smallest absolute Gasteiger partial charge is 0.141 e. The SMILES string of the molecule is Fc1ccc(CNCCCCn2ccnc2)cc1Cl. The fourth-order valence-electron chi connectivity index (χ4n) is 1.85. The molecule has 0 fully saturated rings. The van der Waals surface area contributed by atoms with Crippen molar-refractivity contribution in [1.29, 1.82) is 0 Å². The van der Waals surface area contributed by atoms with E-state index in [1.807, 2.05) is 12.5 Å². The van der Waals surface area contributed by atoms with Gasteiger partial charge in [0, 0.05) is 25.5 Å². The van der Waals surface area contributed by atoms with Gasteiger partial charge in [0.2, 0.25) is 0 Å². The van der Waals surface area contributed by atoms with Crippen LogP contribution in [-0.4, -0.2) is 16.1 Å². The number of imidazole rings is 1. The molecule has 2 rings (SSSR count). The van der Waals surface area contributed by atoms with Crippen LogP contribution in [0.2, 0.25) is 5.02 Å². The number of hydrogen-bond donors (Lipinski definition) is 1. The first kappa shape index (κ1) is 14.0. The molecule has 1 aromatic heterocycles. The van der Waals surface area contributed by atoms with Crippen LogP contribution in [0.15, 0.2) is 36.9 Å². The van der Waals surface area contributed by atoms with E-state index < -0.39 is 0 Å². The third-order valence-electron chi connectivity index (χ3n) is 2.89.